The number of hydrogen-bond donors (Lipinski definition) is 0. The lowest BCUT2D eigenvalue weighted by molar-refractivity contribution is 0.112. The van der Waals surface area contributed by atoms with Gasteiger partial charge in [-0.25, -0.2) is 9.67 Å². The van der Waals surface area contributed by atoms with E-state index in [1.165, 1.54) is 11.3 Å². The molecule has 7 heteroatoms. The van der Waals surface area contributed by atoms with Gasteiger partial charge >= 0.3 is 0 Å². The molecule has 24 heavy (non-hydrogen) atoms. The van der Waals surface area contributed by atoms with E-state index >= 15 is 0 Å². The number of nitrogens with zero attached hydrogens (tertiary/aromatic N) is 3. The van der Waals surface area contributed by atoms with Crippen molar-refractivity contribution in [3.8, 4) is 17.2 Å². The SMILES string of the molecule is O=Cc1cc(-n2ncc3cc(Oc4ccccc4Cl)cnc32)cs1. The number of halogens is 1. The fourth-order valence-electron chi connectivity index (χ4n) is 2.32. The first-order chi connectivity index (χ1) is 11.7. The van der Waals surface area contributed by atoms with Crippen LogP contribution < -0.4 is 4.74 Å². The highest BCUT2D eigenvalue weighted by Crippen LogP contribution is 2.30. The molecule has 0 fully saturated rings. The highest BCUT2D eigenvalue weighted by Gasteiger charge is 2.10. The van der Waals surface area contributed by atoms with Gasteiger partial charge in [0.05, 0.1) is 28.0 Å². The van der Waals surface area contributed by atoms with Crippen molar-refractivity contribution in [3.63, 3.8) is 0 Å². The van der Waals surface area contributed by atoms with E-state index in [1.807, 2.05) is 23.6 Å². The zero-order valence-corrected chi connectivity index (χ0v) is 13.8. The zero-order valence-electron chi connectivity index (χ0n) is 12.2. The summed E-state index contributed by atoms with van der Waals surface area (Å²) in [4.78, 5) is 15.9. The summed E-state index contributed by atoms with van der Waals surface area (Å²) < 4.78 is 7.47. The number of para-hydroxylation sites is 1. The summed E-state index contributed by atoms with van der Waals surface area (Å²) in [6, 6.07) is 10.9. The lowest BCUT2D eigenvalue weighted by Gasteiger charge is -2.07. The highest BCUT2D eigenvalue weighted by molar-refractivity contribution is 7.12. The molecule has 0 aliphatic carbocycles. The number of carbonyl (C=O) groups is 1. The maximum atomic E-state index is 10.8. The predicted octanol–water partition coefficient (Wildman–Crippen LogP) is 4.74. The Balaban J connectivity index is 1.70. The second-order valence-corrected chi connectivity index (χ2v) is 6.35. The summed E-state index contributed by atoms with van der Waals surface area (Å²) in [5.74, 6) is 1.15. The van der Waals surface area contributed by atoms with Gasteiger partial charge < -0.3 is 4.74 Å². The molecular weight excluding hydrogens is 346 g/mol. The average molecular weight is 356 g/mol. The van der Waals surface area contributed by atoms with Crippen molar-refractivity contribution in [2.24, 2.45) is 0 Å². The Morgan fingerprint density at radius 2 is 2.08 bits per heavy atom. The Bertz CT molecular complexity index is 1040. The van der Waals surface area contributed by atoms with Gasteiger partial charge in [-0.3, -0.25) is 4.79 Å². The molecule has 118 valence electrons. The summed E-state index contributed by atoms with van der Waals surface area (Å²) in [5, 5.41) is 7.58. The second-order valence-electron chi connectivity index (χ2n) is 5.00. The van der Waals surface area contributed by atoms with Gasteiger partial charge in [0.2, 0.25) is 0 Å². The van der Waals surface area contributed by atoms with Crippen molar-refractivity contribution in [1.29, 1.82) is 0 Å². The van der Waals surface area contributed by atoms with Crippen molar-refractivity contribution >= 4 is 40.3 Å². The molecule has 0 atom stereocenters. The van der Waals surface area contributed by atoms with Crippen molar-refractivity contribution in [2.75, 3.05) is 0 Å². The maximum absolute atomic E-state index is 10.8. The molecule has 0 radical (unpaired) electrons. The Morgan fingerprint density at radius 3 is 2.88 bits per heavy atom. The highest BCUT2D eigenvalue weighted by atomic mass is 35.5. The van der Waals surface area contributed by atoms with E-state index in [0.717, 1.165) is 17.4 Å². The van der Waals surface area contributed by atoms with Crippen LogP contribution in [0.3, 0.4) is 0 Å². The third kappa shape index (κ3) is 2.66. The molecule has 1 aromatic carbocycles. The Labute approximate surface area is 146 Å². The van der Waals surface area contributed by atoms with Crippen molar-refractivity contribution in [3.05, 3.63) is 64.1 Å². The molecule has 0 unspecified atom stereocenters. The zero-order chi connectivity index (χ0) is 16.5. The quantitative estimate of drug-likeness (QED) is 0.496. The van der Waals surface area contributed by atoms with E-state index in [0.29, 0.717) is 27.0 Å². The minimum absolute atomic E-state index is 0.535. The van der Waals surface area contributed by atoms with Crippen molar-refractivity contribution in [2.45, 2.75) is 0 Å². The van der Waals surface area contributed by atoms with Crippen LogP contribution in [0.5, 0.6) is 11.5 Å². The molecule has 0 spiro atoms. The van der Waals surface area contributed by atoms with Crippen LogP contribution in [0.1, 0.15) is 9.67 Å². The number of fused-ring (bicyclic) bond motifs is 1. The van der Waals surface area contributed by atoms with E-state index in [2.05, 4.69) is 10.1 Å². The first-order valence-corrected chi connectivity index (χ1v) is 8.30. The van der Waals surface area contributed by atoms with Crippen molar-refractivity contribution in [1.82, 2.24) is 14.8 Å². The minimum atomic E-state index is 0.535. The number of aldehydes is 1. The van der Waals surface area contributed by atoms with Gasteiger partial charge in [-0.1, -0.05) is 23.7 Å². The molecule has 0 amide bonds. The van der Waals surface area contributed by atoms with Crippen LogP contribution in [-0.2, 0) is 0 Å². The van der Waals surface area contributed by atoms with Crippen molar-refractivity contribution < 1.29 is 9.53 Å². The van der Waals surface area contributed by atoms with Crippen LogP contribution in [0.2, 0.25) is 5.02 Å². The van der Waals surface area contributed by atoms with E-state index in [-0.39, 0.29) is 0 Å². The lowest BCUT2D eigenvalue weighted by Crippen LogP contribution is -1.95. The number of rotatable bonds is 4. The van der Waals surface area contributed by atoms with Gasteiger partial charge in [0.1, 0.15) is 11.5 Å². The number of ether oxygens (including phenoxy) is 1. The van der Waals surface area contributed by atoms with Gasteiger partial charge in [0.15, 0.2) is 11.9 Å². The normalized spacial score (nSPS) is 10.9. The fourth-order valence-corrected chi connectivity index (χ4v) is 3.16. The molecule has 0 aliphatic rings. The summed E-state index contributed by atoms with van der Waals surface area (Å²) >= 11 is 7.47. The summed E-state index contributed by atoms with van der Waals surface area (Å²) in [7, 11) is 0. The van der Waals surface area contributed by atoms with Gasteiger partial charge in [-0.15, -0.1) is 11.3 Å². The van der Waals surface area contributed by atoms with Crippen LogP contribution in [-0.4, -0.2) is 21.1 Å². The molecule has 3 aromatic heterocycles. The monoisotopic (exact) mass is 355 g/mol. The predicted molar refractivity (Wildman–Crippen MR) is 93.7 cm³/mol. The van der Waals surface area contributed by atoms with Crippen LogP contribution in [0.15, 0.2) is 54.2 Å². The van der Waals surface area contributed by atoms with E-state index < -0.39 is 0 Å². The number of carbonyl (C=O) groups excluding carboxylic acids is 1. The first-order valence-electron chi connectivity index (χ1n) is 7.05. The smallest absolute Gasteiger partial charge is 0.163 e. The largest absolute Gasteiger partial charge is 0.454 e. The Hall–Kier alpha value is -2.70. The summed E-state index contributed by atoms with van der Waals surface area (Å²) in [6.07, 6.45) is 4.15. The maximum Gasteiger partial charge on any atom is 0.163 e. The van der Waals surface area contributed by atoms with Gasteiger partial charge in [0.25, 0.3) is 0 Å². The molecule has 4 aromatic rings. The third-order valence-electron chi connectivity index (χ3n) is 3.41. The standard InChI is InChI=1S/C17H10ClN3O2S/c18-15-3-1-2-4-16(15)23-13-5-11-7-20-21(17(11)19-8-13)12-6-14(9-22)24-10-12/h1-10H. The number of hydrogen-bond acceptors (Lipinski definition) is 5. The minimum Gasteiger partial charge on any atom is -0.454 e. The lowest BCUT2D eigenvalue weighted by atomic mass is 10.3. The topological polar surface area (TPSA) is 57.0 Å². The third-order valence-corrected chi connectivity index (χ3v) is 4.57. The number of pyridine rings is 1. The molecule has 0 saturated heterocycles. The number of benzene rings is 1. The summed E-state index contributed by atoms with van der Waals surface area (Å²) in [6.45, 7) is 0. The summed E-state index contributed by atoms with van der Waals surface area (Å²) in [5.41, 5.74) is 1.50. The number of thiophene rings is 1. The molecule has 0 aliphatic heterocycles. The molecule has 5 nitrogen and oxygen atoms in total. The molecule has 0 bridgehead atoms. The van der Waals surface area contributed by atoms with E-state index in [1.54, 1.807) is 35.3 Å². The number of aromatic nitrogens is 3. The Morgan fingerprint density at radius 1 is 1.21 bits per heavy atom. The van der Waals surface area contributed by atoms with E-state index in [9.17, 15) is 4.79 Å². The Kier molecular flexibility index (Phi) is 3.76. The van der Waals surface area contributed by atoms with Crippen LogP contribution >= 0.6 is 22.9 Å². The van der Waals surface area contributed by atoms with Gasteiger partial charge in [-0.05, 0) is 24.3 Å². The second kappa shape index (κ2) is 6.07. The molecule has 0 N–H and O–H groups in total. The van der Waals surface area contributed by atoms with Gasteiger partial charge in [-0.2, -0.15) is 5.10 Å². The molecule has 4 rings (SSSR count). The average Bonchev–Trinajstić information content (AvgIpc) is 3.22. The molecule has 3 heterocycles. The van der Waals surface area contributed by atoms with Crippen LogP contribution in [0.4, 0.5) is 0 Å². The van der Waals surface area contributed by atoms with Crippen LogP contribution in [0, 0.1) is 0 Å². The first kappa shape index (κ1) is 14.9. The molecule has 0 saturated carbocycles. The van der Waals surface area contributed by atoms with E-state index in [4.69, 9.17) is 16.3 Å². The fraction of sp³-hybridized carbons (Fsp3) is 0. The van der Waals surface area contributed by atoms with Gasteiger partial charge in [0, 0.05) is 10.8 Å². The van der Waals surface area contributed by atoms with Crippen LogP contribution in [0.25, 0.3) is 16.7 Å². The molecular formula is C17H10ClN3O2S.